The molecule has 1 aliphatic carbocycles. The molecule has 1 saturated carbocycles. The molecular formula is C15H24O2. The van der Waals surface area contributed by atoms with E-state index in [2.05, 4.69) is 26.8 Å². The summed E-state index contributed by atoms with van der Waals surface area (Å²) < 4.78 is 0. The van der Waals surface area contributed by atoms with Crippen molar-refractivity contribution in [2.45, 2.75) is 59.3 Å². The second-order valence-electron chi connectivity index (χ2n) is 5.53. The average Bonchev–Trinajstić information content (AvgIpc) is 2.55. The minimum Gasteiger partial charge on any atom is -0.299 e. The fourth-order valence-electron chi connectivity index (χ4n) is 2.35. The number of hydrogen-bond donors (Lipinski definition) is 0. The summed E-state index contributed by atoms with van der Waals surface area (Å²) in [5.41, 5.74) is 1.36. The molecule has 0 bridgehead atoms. The molecule has 1 fully saturated rings. The molecule has 0 aromatic rings. The average molecular weight is 236 g/mol. The van der Waals surface area contributed by atoms with Gasteiger partial charge >= 0.3 is 0 Å². The zero-order chi connectivity index (χ0) is 12.8. The highest BCUT2D eigenvalue weighted by Crippen LogP contribution is 2.25. The van der Waals surface area contributed by atoms with Gasteiger partial charge in [0.1, 0.15) is 11.6 Å². The van der Waals surface area contributed by atoms with E-state index >= 15 is 0 Å². The van der Waals surface area contributed by atoms with Gasteiger partial charge in [-0.05, 0) is 45.4 Å². The fraction of sp³-hybridized carbons (Fsp3) is 0.733. The molecular weight excluding hydrogens is 212 g/mol. The van der Waals surface area contributed by atoms with Crippen molar-refractivity contribution < 1.29 is 9.59 Å². The third-order valence-corrected chi connectivity index (χ3v) is 3.56. The summed E-state index contributed by atoms with van der Waals surface area (Å²) in [6, 6.07) is 0. The number of Topliss-reactive ketones (excluding diaryl/α,β-unsaturated/α-hetero) is 2. The molecule has 17 heavy (non-hydrogen) atoms. The topological polar surface area (TPSA) is 34.1 Å². The van der Waals surface area contributed by atoms with Crippen LogP contribution in [0.3, 0.4) is 0 Å². The van der Waals surface area contributed by atoms with E-state index in [1.807, 2.05) is 0 Å². The zero-order valence-electron chi connectivity index (χ0n) is 11.3. The molecule has 96 valence electrons. The Labute approximate surface area is 104 Å². The Morgan fingerprint density at radius 2 is 1.82 bits per heavy atom. The Kier molecular flexibility index (Phi) is 5.60. The first kappa shape index (κ1) is 14.1. The molecule has 0 saturated heterocycles. The van der Waals surface area contributed by atoms with E-state index in [4.69, 9.17) is 0 Å². The number of ketones is 2. The molecule has 0 aliphatic heterocycles. The molecule has 0 amide bonds. The molecule has 1 rings (SSSR count). The number of allylic oxidation sites excluding steroid dienone is 2. The molecule has 0 unspecified atom stereocenters. The van der Waals surface area contributed by atoms with Crippen molar-refractivity contribution in [3.05, 3.63) is 11.6 Å². The largest absolute Gasteiger partial charge is 0.299 e. The third-order valence-electron chi connectivity index (χ3n) is 3.56. The Bertz CT molecular complexity index is 295. The zero-order valence-corrected chi connectivity index (χ0v) is 11.3. The normalized spacial score (nSPS) is 18.5. The molecule has 0 N–H and O–H groups in total. The molecule has 0 spiro atoms. The number of hydrogen-bond acceptors (Lipinski definition) is 2. The number of carbonyl (C=O) groups is 2. The van der Waals surface area contributed by atoms with Crippen LogP contribution >= 0.6 is 0 Å². The maximum Gasteiger partial charge on any atom is 0.143 e. The standard InChI is InChI=1S/C15H24O2/c1-11(2)5-4-6-12(3)7-8-13-14(16)9-10-15(13)17/h5,12-13H,4,6-10H2,1-3H3/t12-/m0/s1. The van der Waals surface area contributed by atoms with Crippen LogP contribution in [0.1, 0.15) is 59.3 Å². The van der Waals surface area contributed by atoms with Crippen molar-refractivity contribution in [2.24, 2.45) is 11.8 Å². The van der Waals surface area contributed by atoms with Gasteiger partial charge in [-0.2, -0.15) is 0 Å². The Balaban J connectivity index is 2.23. The van der Waals surface area contributed by atoms with Crippen molar-refractivity contribution >= 4 is 11.6 Å². The summed E-state index contributed by atoms with van der Waals surface area (Å²) in [7, 11) is 0. The summed E-state index contributed by atoms with van der Waals surface area (Å²) >= 11 is 0. The molecule has 1 aliphatic rings. The summed E-state index contributed by atoms with van der Waals surface area (Å²) in [5, 5.41) is 0. The predicted octanol–water partition coefficient (Wildman–Crippen LogP) is 3.70. The van der Waals surface area contributed by atoms with E-state index in [0.29, 0.717) is 18.8 Å². The number of rotatable bonds is 6. The van der Waals surface area contributed by atoms with Crippen LogP contribution in [0.25, 0.3) is 0 Å². The summed E-state index contributed by atoms with van der Waals surface area (Å²) in [6.45, 7) is 6.43. The molecule has 1 atom stereocenters. The quantitative estimate of drug-likeness (QED) is 0.520. The number of carbonyl (C=O) groups excluding carboxylic acids is 2. The van der Waals surface area contributed by atoms with Crippen molar-refractivity contribution in [3.63, 3.8) is 0 Å². The maximum atomic E-state index is 11.5. The lowest BCUT2D eigenvalue weighted by Crippen LogP contribution is -2.15. The van der Waals surface area contributed by atoms with Crippen LogP contribution in [0.5, 0.6) is 0 Å². The van der Waals surface area contributed by atoms with Gasteiger partial charge in [0.25, 0.3) is 0 Å². The van der Waals surface area contributed by atoms with E-state index in [9.17, 15) is 9.59 Å². The van der Waals surface area contributed by atoms with Crippen LogP contribution in [-0.4, -0.2) is 11.6 Å². The Morgan fingerprint density at radius 1 is 1.24 bits per heavy atom. The van der Waals surface area contributed by atoms with E-state index in [0.717, 1.165) is 25.7 Å². The fourth-order valence-corrected chi connectivity index (χ4v) is 2.35. The molecule has 0 heterocycles. The van der Waals surface area contributed by atoms with E-state index < -0.39 is 0 Å². The molecule has 0 aromatic heterocycles. The van der Waals surface area contributed by atoms with Gasteiger partial charge in [-0.1, -0.05) is 18.6 Å². The molecule has 2 heteroatoms. The molecule has 0 radical (unpaired) electrons. The van der Waals surface area contributed by atoms with Crippen LogP contribution in [-0.2, 0) is 9.59 Å². The van der Waals surface area contributed by atoms with Gasteiger partial charge < -0.3 is 0 Å². The Morgan fingerprint density at radius 3 is 2.35 bits per heavy atom. The summed E-state index contributed by atoms with van der Waals surface area (Å²) in [4.78, 5) is 22.9. The lowest BCUT2D eigenvalue weighted by Gasteiger charge is -2.12. The first-order valence-electron chi connectivity index (χ1n) is 6.69. The second-order valence-corrected chi connectivity index (χ2v) is 5.53. The van der Waals surface area contributed by atoms with Gasteiger partial charge in [0, 0.05) is 12.8 Å². The van der Waals surface area contributed by atoms with Crippen molar-refractivity contribution in [3.8, 4) is 0 Å². The highest BCUT2D eigenvalue weighted by atomic mass is 16.2. The van der Waals surface area contributed by atoms with Crippen LogP contribution in [0, 0.1) is 11.8 Å². The van der Waals surface area contributed by atoms with Crippen molar-refractivity contribution in [2.75, 3.05) is 0 Å². The van der Waals surface area contributed by atoms with Gasteiger partial charge in [-0.15, -0.1) is 0 Å². The van der Waals surface area contributed by atoms with Crippen LogP contribution in [0.4, 0.5) is 0 Å². The summed E-state index contributed by atoms with van der Waals surface area (Å²) in [5.74, 6) is 0.686. The minimum atomic E-state index is -0.263. The van der Waals surface area contributed by atoms with Crippen LogP contribution in [0.2, 0.25) is 0 Å². The van der Waals surface area contributed by atoms with Gasteiger partial charge in [-0.3, -0.25) is 9.59 Å². The van der Waals surface area contributed by atoms with Gasteiger partial charge in [0.15, 0.2) is 0 Å². The van der Waals surface area contributed by atoms with E-state index in [-0.39, 0.29) is 17.5 Å². The predicted molar refractivity (Wildman–Crippen MR) is 69.8 cm³/mol. The molecule has 0 aromatic carbocycles. The Hall–Kier alpha value is -0.920. The monoisotopic (exact) mass is 236 g/mol. The first-order valence-corrected chi connectivity index (χ1v) is 6.69. The van der Waals surface area contributed by atoms with E-state index in [1.165, 1.54) is 5.57 Å². The third kappa shape index (κ3) is 4.84. The smallest absolute Gasteiger partial charge is 0.143 e. The lowest BCUT2D eigenvalue weighted by atomic mass is 9.92. The minimum absolute atomic E-state index is 0.173. The van der Waals surface area contributed by atoms with Crippen molar-refractivity contribution in [1.82, 2.24) is 0 Å². The van der Waals surface area contributed by atoms with Gasteiger partial charge in [0.2, 0.25) is 0 Å². The van der Waals surface area contributed by atoms with Crippen LogP contribution < -0.4 is 0 Å². The second kappa shape index (κ2) is 6.73. The van der Waals surface area contributed by atoms with E-state index in [1.54, 1.807) is 0 Å². The highest BCUT2D eigenvalue weighted by molar-refractivity contribution is 6.08. The SMILES string of the molecule is CC(C)=CCC[C@H](C)CCC1C(=O)CCC1=O. The van der Waals surface area contributed by atoms with Gasteiger partial charge in [-0.25, -0.2) is 0 Å². The highest BCUT2D eigenvalue weighted by Gasteiger charge is 2.32. The van der Waals surface area contributed by atoms with Gasteiger partial charge in [0.05, 0.1) is 5.92 Å². The summed E-state index contributed by atoms with van der Waals surface area (Å²) in [6.07, 6.45) is 7.25. The van der Waals surface area contributed by atoms with Crippen molar-refractivity contribution in [1.29, 1.82) is 0 Å². The first-order chi connectivity index (χ1) is 8.00. The lowest BCUT2D eigenvalue weighted by molar-refractivity contribution is -0.127. The van der Waals surface area contributed by atoms with Crippen LogP contribution in [0.15, 0.2) is 11.6 Å². The molecule has 2 nitrogen and oxygen atoms in total. The maximum absolute atomic E-state index is 11.5.